The van der Waals surface area contributed by atoms with E-state index >= 15 is 0 Å². The molecule has 0 aliphatic carbocycles. The number of hydrogen-bond donors (Lipinski definition) is 0. The highest BCUT2D eigenvalue weighted by molar-refractivity contribution is 7.99. The first-order valence-electron chi connectivity index (χ1n) is 10.2. The normalized spacial score (nSPS) is 16.6. The fourth-order valence-corrected chi connectivity index (χ4v) is 4.64. The molecule has 1 aliphatic heterocycles. The Balaban J connectivity index is 1.56. The number of carbonyl (C=O) groups excluding carboxylic acids is 1. The van der Waals surface area contributed by atoms with Crippen LogP contribution in [0.5, 0.6) is 0 Å². The largest absolute Gasteiger partial charge is 0.342 e. The van der Waals surface area contributed by atoms with E-state index in [1.165, 1.54) is 30.3 Å². The number of rotatable bonds is 6. The molecule has 156 valence electrons. The molecule has 0 N–H and O–H groups in total. The van der Waals surface area contributed by atoms with E-state index < -0.39 is 0 Å². The van der Waals surface area contributed by atoms with Crippen molar-refractivity contribution >= 4 is 17.7 Å². The Kier molecular flexibility index (Phi) is 6.47. The predicted molar refractivity (Wildman–Crippen MR) is 116 cm³/mol. The van der Waals surface area contributed by atoms with Gasteiger partial charge in [0, 0.05) is 25.2 Å². The summed E-state index contributed by atoms with van der Waals surface area (Å²) in [7, 11) is 0. The number of thioether (sulfide) groups is 1. The zero-order valence-electron chi connectivity index (χ0n) is 17.0. The lowest BCUT2D eigenvalue weighted by atomic mass is 10.0. The molecule has 0 unspecified atom stereocenters. The van der Waals surface area contributed by atoms with Gasteiger partial charge in [-0.2, -0.15) is 0 Å². The van der Waals surface area contributed by atoms with Crippen molar-refractivity contribution in [2.45, 2.75) is 31.3 Å². The minimum atomic E-state index is -0.292. The number of benzene rings is 2. The number of likely N-dealkylation sites (tertiary alicyclic amines) is 1. The molecule has 7 heteroatoms. The predicted octanol–water partition coefficient (Wildman–Crippen LogP) is 4.35. The van der Waals surface area contributed by atoms with Gasteiger partial charge < -0.3 is 4.90 Å². The first-order chi connectivity index (χ1) is 14.6. The highest BCUT2D eigenvalue weighted by atomic mass is 32.2. The summed E-state index contributed by atoms with van der Waals surface area (Å²) in [4.78, 5) is 14.7. The first kappa shape index (κ1) is 20.6. The van der Waals surface area contributed by atoms with E-state index in [9.17, 15) is 9.18 Å². The van der Waals surface area contributed by atoms with Crippen molar-refractivity contribution in [1.29, 1.82) is 0 Å². The van der Waals surface area contributed by atoms with Gasteiger partial charge in [-0.25, -0.2) is 4.39 Å². The third kappa shape index (κ3) is 4.90. The molecule has 1 saturated heterocycles. The summed E-state index contributed by atoms with van der Waals surface area (Å²) < 4.78 is 15.4. The van der Waals surface area contributed by atoms with Crippen LogP contribution in [0.15, 0.2) is 59.8 Å². The van der Waals surface area contributed by atoms with Crippen molar-refractivity contribution in [2.24, 2.45) is 5.92 Å². The van der Waals surface area contributed by atoms with Crippen LogP contribution >= 0.6 is 11.8 Å². The van der Waals surface area contributed by atoms with Crippen molar-refractivity contribution in [1.82, 2.24) is 19.7 Å². The zero-order chi connectivity index (χ0) is 20.9. The molecular weight excluding hydrogens is 399 g/mol. The molecule has 4 rings (SSSR count). The Morgan fingerprint density at radius 1 is 1.13 bits per heavy atom. The van der Waals surface area contributed by atoms with Gasteiger partial charge in [0.15, 0.2) is 5.16 Å². The SMILES string of the molecule is C[C@@H]1CCCN(C(=O)CSc2nnc(Cc3ccccc3)n2-c2ccc(F)cc2)C1. The molecule has 0 saturated carbocycles. The maximum atomic E-state index is 13.5. The van der Waals surface area contributed by atoms with Crippen LogP contribution < -0.4 is 0 Å². The number of amides is 1. The molecule has 1 atom stereocenters. The summed E-state index contributed by atoms with van der Waals surface area (Å²) in [6.07, 6.45) is 2.84. The lowest BCUT2D eigenvalue weighted by Gasteiger charge is -2.30. The van der Waals surface area contributed by atoms with Crippen LogP contribution in [0.2, 0.25) is 0 Å². The molecule has 5 nitrogen and oxygen atoms in total. The Hall–Kier alpha value is -2.67. The number of halogens is 1. The van der Waals surface area contributed by atoms with E-state index in [0.717, 1.165) is 36.6 Å². The van der Waals surface area contributed by atoms with Gasteiger partial charge >= 0.3 is 0 Å². The number of piperidine rings is 1. The van der Waals surface area contributed by atoms with E-state index in [-0.39, 0.29) is 11.7 Å². The Morgan fingerprint density at radius 2 is 1.90 bits per heavy atom. The quantitative estimate of drug-likeness (QED) is 0.552. The minimum Gasteiger partial charge on any atom is -0.342 e. The van der Waals surface area contributed by atoms with E-state index in [0.29, 0.717) is 23.2 Å². The zero-order valence-corrected chi connectivity index (χ0v) is 17.8. The number of aromatic nitrogens is 3. The summed E-state index contributed by atoms with van der Waals surface area (Å²) in [6, 6.07) is 16.3. The van der Waals surface area contributed by atoms with Crippen LogP contribution in [0.1, 0.15) is 31.2 Å². The Labute approximate surface area is 180 Å². The summed E-state index contributed by atoms with van der Waals surface area (Å²) in [5, 5.41) is 9.39. The molecule has 0 bridgehead atoms. The van der Waals surface area contributed by atoms with Crippen molar-refractivity contribution in [3.63, 3.8) is 0 Å². The molecule has 1 amide bonds. The average Bonchev–Trinajstić information content (AvgIpc) is 3.15. The van der Waals surface area contributed by atoms with Gasteiger partial charge in [-0.15, -0.1) is 10.2 Å². The number of carbonyl (C=O) groups is 1. The van der Waals surface area contributed by atoms with E-state index in [4.69, 9.17) is 0 Å². The van der Waals surface area contributed by atoms with Gasteiger partial charge in [0.25, 0.3) is 0 Å². The Bertz CT molecular complexity index is 990. The first-order valence-corrected chi connectivity index (χ1v) is 11.2. The fourth-order valence-electron chi connectivity index (χ4n) is 3.77. The third-order valence-corrected chi connectivity index (χ3v) is 6.24. The highest BCUT2D eigenvalue weighted by Gasteiger charge is 2.22. The van der Waals surface area contributed by atoms with Gasteiger partial charge in [0.05, 0.1) is 5.75 Å². The second kappa shape index (κ2) is 9.43. The van der Waals surface area contributed by atoms with Crippen LogP contribution in [0.3, 0.4) is 0 Å². The molecule has 30 heavy (non-hydrogen) atoms. The summed E-state index contributed by atoms with van der Waals surface area (Å²) >= 11 is 1.38. The topological polar surface area (TPSA) is 51.0 Å². The number of hydrogen-bond acceptors (Lipinski definition) is 4. The van der Waals surface area contributed by atoms with Crippen molar-refractivity contribution in [3.05, 3.63) is 71.8 Å². The lowest BCUT2D eigenvalue weighted by molar-refractivity contribution is -0.130. The van der Waals surface area contributed by atoms with E-state index in [1.807, 2.05) is 39.8 Å². The lowest BCUT2D eigenvalue weighted by Crippen LogP contribution is -2.40. The standard InChI is InChI=1S/C23H25FN4OS/c1-17-6-5-13-27(15-17)22(29)16-30-23-26-25-21(14-18-7-3-2-4-8-18)28(23)20-11-9-19(24)10-12-20/h2-4,7-12,17H,5-6,13-16H2,1H3/t17-/m1/s1. The summed E-state index contributed by atoms with van der Waals surface area (Å²) in [5.74, 6) is 1.46. The van der Waals surface area contributed by atoms with E-state index in [1.54, 1.807) is 12.1 Å². The molecule has 1 fully saturated rings. The van der Waals surface area contributed by atoms with Crippen LogP contribution in [-0.2, 0) is 11.2 Å². The van der Waals surface area contributed by atoms with Crippen molar-refractivity contribution < 1.29 is 9.18 Å². The second-order valence-electron chi connectivity index (χ2n) is 7.75. The van der Waals surface area contributed by atoms with Crippen LogP contribution in [0.4, 0.5) is 4.39 Å². The second-order valence-corrected chi connectivity index (χ2v) is 8.69. The van der Waals surface area contributed by atoms with Crippen LogP contribution in [0.25, 0.3) is 5.69 Å². The number of nitrogens with zero attached hydrogens (tertiary/aromatic N) is 4. The van der Waals surface area contributed by atoms with Gasteiger partial charge in [-0.05, 0) is 48.6 Å². The van der Waals surface area contributed by atoms with Crippen LogP contribution in [0, 0.1) is 11.7 Å². The Morgan fingerprint density at radius 3 is 2.63 bits per heavy atom. The molecule has 3 aromatic rings. The van der Waals surface area contributed by atoms with Gasteiger partial charge in [-0.1, -0.05) is 49.0 Å². The van der Waals surface area contributed by atoms with Gasteiger partial charge in [0.1, 0.15) is 11.6 Å². The monoisotopic (exact) mass is 424 g/mol. The molecule has 2 heterocycles. The summed E-state index contributed by atoms with van der Waals surface area (Å²) in [6.45, 7) is 3.84. The molecule has 0 radical (unpaired) electrons. The average molecular weight is 425 g/mol. The fraction of sp³-hybridized carbons (Fsp3) is 0.348. The van der Waals surface area contributed by atoms with Crippen LogP contribution in [-0.4, -0.2) is 44.4 Å². The summed E-state index contributed by atoms with van der Waals surface area (Å²) in [5.41, 5.74) is 1.90. The molecular formula is C23H25FN4OS. The smallest absolute Gasteiger partial charge is 0.233 e. The van der Waals surface area contributed by atoms with Crippen molar-refractivity contribution in [2.75, 3.05) is 18.8 Å². The molecule has 1 aliphatic rings. The van der Waals surface area contributed by atoms with Gasteiger partial charge in [0.2, 0.25) is 5.91 Å². The minimum absolute atomic E-state index is 0.129. The third-order valence-electron chi connectivity index (χ3n) is 5.32. The molecule has 0 spiro atoms. The van der Waals surface area contributed by atoms with E-state index in [2.05, 4.69) is 17.1 Å². The maximum Gasteiger partial charge on any atom is 0.233 e. The molecule has 2 aromatic carbocycles. The van der Waals surface area contributed by atoms with Crippen molar-refractivity contribution in [3.8, 4) is 5.69 Å². The van der Waals surface area contributed by atoms with Gasteiger partial charge in [-0.3, -0.25) is 9.36 Å². The highest BCUT2D eigenvalue weighted by Crippen LogP contribution is 2.25. The maximum absolute atomic E-state index is 13.5. The molecule has 1 aromatic heterocycles.